The van der Waals surface area contributed by atoms with Crippen LogP contribution in [-0.4, -0.2) is 24.6 Å². The van der Waals surface area contributed by atoms with Crippen molar-refractivity contribution in [3.63, 3.8) is 0 Å². The lowest BCUT2D eigenvalue weighted by molar-refractivity contribution is -0.139. The van der Waals surface area contributed by atoms with E-state index in [0.717, 1.165) is 17.7 Å². The lowest BCUT2D eigenvalue weighted by Gasteiger charge is -2.01. The van der Waals surface area contributed by atoms with E-state index in [4.69, 9.17) is 0 Å². The fourth-order valence-corrected chi connectivity index (χ4v) is 1.94. The van der Waals surface area contributed by atoms with Crippen LogP contribution in [0.5, 0.6) is 0 Å². The molecule has 2 N–H and O–H groups in total. The molecular weight excluding hydrogens is 250 g/mol. The summed E-state index contributed by atoms with van der Waals surface area (Å²) in [4.78, 5) is 24.7. The predicted molar refractivity (Wildman–Crippen MR) is 72.7 cm³/mol. The van der Waals surface area contributed by atoms with Gasteiger partial charge in [-0.05, 0) is 25.5 Å². The number of unbranched alkanes of at least 4 members (excludes halogenated alkanes) is 1. The Labute approximate surface area is 110 Å². The highest BCUT2D eigenvalue weighted by Crippen LogP contribution is 2.12. The summed E-state index contributed by atoms with van der Waals surface area (Å²) in [6.07, 6.45) is 3.35. The number of nitrogens with zero attached hydrogens (tertiary/aromatic N) is 1. The van der Waals surface area contributed by atoms with Crippen molar-refractivity contribution in [3.8, 4) is 0 Å². The second kappa shape index (κ2) is 7.60. The van der Waals surface area contributed by atoms with Crippen LogP contribution in [0.1, 0.15) is 29.5 Å². The molecular formula is C12H17N3O2S. The smallest absolute Gasteiger partial charge is 0.329 e. The standard InChI is InChI=1S/C12H17N3O2S/c1-3-4-7-13-11(16)12(17)15-14-8-10-6-5-9(2)18-10/h5-6,8H,3-4,7H2,1-2H3,(H,13,16)(H,15,17)/b14-8-. The van der Waals surface area contributed by atoms with Crippen molar-refractivity contribution in [1.29, 1.82) is 0 Å². The molecule has 0 saturated heterocycles. The average molecular weight is 267 g/mol. The first-order valence-corrected chi connectivity index (χ1v) is 6.62. The van der Waals surface area contributed by atoms with Gasteiger partial charge in [0.15, 0.2) is 0 Å². The second-order valence-electron chi connectivity index (χ2n) is 3.76. The van der Waals surface area contributed by atoms with Crippen molar-refractivity contribution in [2.24, 2.45) is 5.10 Å². The molecule has 18 heavy (non-hydrogen) atoms. The fraction of sp³-hybridized carbons (Fsp3) is 0.417. The number of hydrogen-bond donors (Lipinski definition) is 2. The van der Waals surface area contributed by atoms with Crippen molar-refractivity contribution in [1.82, 2.24) is 10.7 Å². The molecule has 1 heterocycles. The molecule has 0 atom stereocenters. The Bertz CT molecular complexity index is 440. The maximum atomic E-state index is 11.3. The molecule has 0 saturated carbocycles. The Hall–Kier alpha value is -1.69. The van der Waals surface area contributed by atoms with Gasteiger partial charge in [0.1, 0.15) is 0 Å². The number of amides is 2. The van der Waals surface area contributed by atoms with Crippen molar-refractivity contribution < 1.29 is 9.59 Å². The predicted octanol–water partition coefficient (Wildman–Crippen LogP) is 1.42. The molecule has 1 rings (SSSR count). The van der Waals surface area contributed by atoms with E-state index in [0.29, 0.717) is 6.54 Å². The average Bonchev–Trinajstić information content (AvgIpc) is 2.75. The van der Waals surface area contributed by atoms with Crippen LogP contribution in [-0.2, 0) is 9.59 Å². The number of carbonyl (C=O) groups is 2. The fourth-order valence-electron chi connectivity index (χ4n) is 1.19. The Kier molecular flexibility index (Phi) is 6.07. The van der Waals surface area contributed by atoms with Crippen LogP contribution in [0.3, 0.4) is 0 Å². The second-order valence-corrected chi connectivity index (χ2v) is 5.08. The molecule has 0 unspecified atom stereocenters. The van der Waals surface area contributed by atoms with Gasteiger partial charge >= 0.3 is 11.8 Å². The molecule has 0 fully saturated rings. The summed E-state index contributed by atoms with van der Waals surface area (Å²) in [6, 6.07) is 3.86. The number of thiophene rings is 1. The van der Waals surface area contributed by atoms with E-state index in [1.165, 1.54) is 11.1 Å². The Balaban J connectivity index is 2.32. The third-order valence-corrected chi connectivity index (χ3v) is 3.08. The van der Waals surface area contributed by atoms with Crippen molar-refractivity contribution in [2.75, 3.05) is 6.54 Å². The van der Waals surface area contributed by atoms with E-state index >= 15 is 0 Å². The van der Waals surface area contributed by atoms with Crippen LogP contribution in [0.15, 0.2) is 17.2 Å². The SMILES string of the molecule is CCCCNC(=O)C(=O)N/N=C\c1ccc(C)s1. The molecule has 5 nitrogen and oxygen atoms in total. The zero-order valence-electron chi connectivity index (χ0n) is 10.5. The van der Waals surface area contributed by atoms with Crippen LogP contribution >= 0.6 is 11.3 Å². The minimum absolute atomic E-state index is 0.511. The van der Waals surface area contributed by atoms with Gasteiger partial charge < -0.3 is 5.32 Å². The van der Waals surface area contributed by atoms with Gasteiger partial charge in [0.05, 0.1) is 6.21 Å². The molecule has 2 amide bonds. The molecule has 98 valence electrons. The molecule has 6 heteroatoms. The number of carbonyl (C=O) groups excluding carboxylic acids is 2. The quantitative estimate of drug-likeness (QED) is 0.366. The molecule has 0 bridgehead atoms. The summed E-state index contributed by atoms with van der Waals surface area (Å²) in [5.74, 6) is -1.39. The normalized spacial score (nSPS) is 10.6. The molecule has 1 aromatic heterocycles. The van der Waals surface area contributed by atoms with Gasteiger partial charge in [-0.15, -0.1) is 11.3 Å². The third-order valence-electron chi connectivity index (χ3n) is 2.14. The van der Waals surface area contributed by atoms with Crippen LogP contribution in [0, 0.1) is 6.92 Å². The largest absolute Gasteiger partial charge is 0.348 e. The highest BCUT2D eigenvalue weighted by Gasteiger charge is 2.10. The third kappa shape index (κ3) is 5.09. The van der Waals surface area contributed by atoms with E-state index < -0.39 is 11.8 Å². The first-order chi connectivity index (χ1) is 8.63. The summed E-state index contributed by atoms with van der Waals surface area (Å²) in [5.41, 5.74) is 2.19. The topological polar surface area (TPSA) is 70.6 Å². The summed E-state index contributed by atoms with van der Waals surface area (Å²) in [6.45, 7) is 4.51. The molecule has 0 spiro atoms. The van der Waals surface area contributed by atoms with Crippen molar-refractivity contribution in [2.45, 2.75) is 26.7 Å². The minimum atomic E-state index is -0.740. The van der Waals surface area contributed by atoms with Crippen LogP contribution in [0.4, 0.5) is 0 Å². The van der Waals surface area contributed by atoms with E-state index in [1.807, 2.05) is 26.0 Å². The minimum Gasteiger partial charge on any atom is -0.348 e. The van der Waals surface area contributed by atoms with Crippen molar-refractivity contribution >= 4 is 29.4 Å². The van der Waals surface area contributed by atoms with Gasteiger partial charge in [-0.3, -0.25) is 9.59 Å². The van der Waals surface area contributed by atoms with Crippen LogP contribution < -0.4 is 10.7 Å². The van der Waals surface area contributed by atoms with E-state index in [1.54, 1.807) is 11.3 Å². The zero-order chi connectivity index (χ0) is 13.4. The van der Waals surface area contributed by atoms with Crippen LogP contribution in [0.25, 0.3) is 0 Å². The summed E-state index contributed by atoms with van der Waals surface area (Å²) >= 11 is 1.56. The monoisotopic (exact) mass is 267 g/mol. The summed E-state index contributed by atoms with van der Waals surface area (Å²) in [7, 11) is 0. The number of nitrogens with one attached hydrogen (secondary N) is 2. The van der Waals surface area contributed by atoms with Crippen molar-refractivity contribution in [3.05, 3.63) is 21.9 Å². The van der Waals surface area contributed by atoms with Gasteiger partial charge in [0.2, 0.25) is 0 Å². The molecule has 0 aliphatic carbocycles. The summed E-state index contributed by atoms with van der Waals surface area (Å²) < 4.78 is 0. The van der Waals surface area contributed by atoms with E-state index in [2.05, 4.69) is 15.8 Å². The maximum absolute atomic E-state index is 11.3. The van der Waals surface area contributed by atoms with E-state index in [-0.39, 0.29) is 0 Å². The zero-order valence-corrected chi connectivity index (χ0v) is 11.3. The summed E-state index contributed by atoms with van der Waals surface area (Å²) in [5, 5.41) is 6.24. The Morgan fingerprint density at radius 2 is 2.17 bits per heavy atom. The lowest BCUT2D eigenvalue weighted by atomic mass is 10.3. The van der Waals surface area contributed by atoms with E-state index in [9.17, 15) is 9.59 Å². The number of hydrazone groups is 1. The lowest BCUT2D eigenvalue weighted by Crippen LogP contribution is -2.38. The number of aryl methyl sites for hydroxylation is 1. The first-order valence-electron chi connectivity index (χ1n) is 5.81. The number of hydrogen-bond acceptors (Lipinski definition) is 4. The highest BCUT2D eigenvalue weighted by molar-refractivity contribution is 7.13. The molecule has 0 aliphatic heterocycles. The Morgan fingerprint density at radius 3 is 2.78 bits per heavy atom. The molecule has 0 aromatic carbocycles. The Morgan fingerprint density at radius 1 is 1.39 bits per heavy atom. The molecule has 0 radical (unpaired) electrons. The van der Waals surface area contributed by atoms with Gasteiger partial charge in [-0.1, -0.05) is 13.3 Å². The first kappa shape index (κ1) is 14.4. The molecule has 0 aliphatic rings. The van der Waals surface area contributed by atoms with Gasteiger partial charge in [0.25, 0.3) is 0 Å². The highest BCUT2D eigenvalue weighted by atomic mass is 32.1. The maximum Gasteiger partial charge on any atom is 0.329 e. The van der Waals surface area contributed by atoms with Gasteiger partial charge in [-0.25, -0.2) is 5.43 Å². The van der Waals surface area contributed by atoms with Crippen LogP contribution in [0.2, 0.25) is 0 Å². The van der Waals surface area contributed by atoms with Gasteiger partial charge in [-0.2, -0.15) is 5.10 Å². The molecule has 1 aromatic rings. The number of rotatable bonds is 5. The van der Waals surface area contributed by atoms with Gasteiger partial charge in [0, 0.05) is 16.3 Å².